The Morgan fingerprint density at radius 2 is 1.31 bits per heavy atom. The molecule has 0 atom stereocenters. The molecule has 0 unspecified atom stereocenters. The maximum atomic E-state index is 13.6. The van der Waals surface area contributed by atoms with Crippen molar-refractivity contribution in [2.24, 2.45) is 0 Å². The molecule has 3 rings (SSSR count). The minimum absolute atomic E-state index is 0.0959. The summed E-state index contributed by atoms with van der Waals surface area (Å²) in [6.07, 6.45) is 0. The van der Waals surface area contributed by atoms with Gasteiger partial charge >= 0.3 is 11.9 Å². The van der Waals surface area contributed by atoms with E-state index in [-0.39, 0.29) is 17.0 Å². The van der Waals surface area contributed by atoms with Gasteiger partial charge in [0.1, 0.15) is 23.7 Å². The zero-order valence-corrected chi connectivity index (χ0v) is 16.6. The van der Waals surface area contributed by atoms with Crippen LogP contribution in [0.4, 0.5) is 11.4 Å². The second-order valence-corrected chi connectivity index (χ2v) is 6.66. The van der Waals surface area contributed by atoms with E-state index >= 15 is 0 Å². The van der Waals surface area contributed by atoms with Gasteiger partial charge in [0, 0.05) is 36.8 Å². The second-order valence-electron chi connectivity index (χ2n) is 6.66. The van der Waals surface area contributed by atoms with Crippen molar-refractivity contribution in [1.29, 1.82) is 0 Å². The molecule has 5 heteroatoms. The molecule has 0 spiro atoms. The number of esters is 1. The molecule has 0 aliphatic carbocycles. The summed E-state index contributed by atoms with van der Waals surface area (Å²) in [6.45, 7) is 1.36. The minimum Gasteiger partial charge on any atom is -0.497 e. The van der Waals surface area contributed by atoms with Gasteiger partial charge in [0.15, 0.2) is 0 Å². The first kappa shape index (κ1) is 20.3. The predicted octanol–water partition coefficient (Wildman–Crippen LogP) is 4.62. The van der Waals surface area contributed by atoms with Crippen molar-refractivity contribution in [1.82, 2.24) is 4.48 Å². The summed E-state index contributed by atoms with van der Waals surface area (Å²) in [6, 6.07) is 26.7. The number of hydrogen-bond donors (Lipinski definition) is 0. The number of hydrogen-bond acceptors (Lipinski definition) is 4. The molecule has 0 saturated carbocycles. The second kappa shape index (κ2) is 9.17. The first-order chi connectivity index (χ1) is 14.1. The first-order valence-electron chi connectivity index (χ1n) is 9.35. The van der Waals surface area contributed by atoms with Gasteiger partial charge in [-0.3, -0.25) is 4.79 Å². The third kappa shape index (κ3) is 4.52. The topological polar surface area (TPSA) is 52.6 Å². The molecule has 0 radical (unpaired) electrons. The number of carbonyl (C=O) groups excluding carboxylic acids is 2. The third-order valence-electron chi connectivity index (χ3n) is 4.80. The van der Waals surface area contributed by atoms with Gasteiger partial charge in [0.25, 0.3) is 0 Å². The summed E-state index contributed by atoms with van der Waals surface area (Å²) in [5.74, 6) is 0.0351. The summed E-state index contributed by atoms with van der Waals surface area (Å²) in [5.41, 5.74) is 2.55. The fraction of sp³-hybridized carbons (Fsp3) is 0.167. The maximum absolute atomic E-state index is 13.6. The summed E-state index contributed by atoms with van der Waals surface area (Å²) in [5, 5.41) is 0. The van der Waals surface area contributed by atoms with Crippen LogP contribution >= 0.6 is 0 Å². The average Bonchev–Trinajstić information content (AvgIpc) is 2.77. The number of quaternary nitrogens is 1. The Kier molecular flexibility index (Phi) is 6.42. The van der Waals surface area contributed by atoms with Gasteiger partial charge in [-0.2, -0.15) is 4.48 Å². The summed E-state index contributed by atoms with van der Waals surface area (Å²) >= 11 is 0. The van der Waals surface area contributed by atoms with Crippen molar-refractivity contribution in [3.05, 3.63) is 90.5 Å². The van der Waals surface area contributed by atoms with Crippen LogP contribution in [-0.2, 0) is 20.9 Å². The third-order valence-corrected chi connectivity index (χ3v) is 4.80. The van der Waals surface area contributed by atoms with Gasteiger partial charge in [-0.1, -0.05) is 36.4 Å². The first-order valence-corrected chi connectivity index (χ1v) is 9.35. The Bertz CT molecular complexity index is 914. The molecular formula is C24H24NO4+. The number of ether oxygens (including phenoxy) is 2. The predicted molar refractivity (Wildman–Crippen MR) is 113 cm³/mol. The van der Waals surface area contributed by atoms with E-state index in [4.69, 9.17) is 9.47 Å². The Morgan fingerprint density at radius 1 is 0.793 bits per heavy atom. The lowest BCUT2D eigenvalue weighted by Crippen LogP contribution is -2.51. The van der Waals surface area contributed by atoms with E-state index in [2.05, 4.69) is 0 Å². The summed E-state index contributed by atoms with van der Waals surface area (Å²) < 4.78 is 10.3. The van der Waals surface area contributed by atoms with Gasteiger partial charge in [-0.15, -0.1) is 0 Å². The van der Waals surface area contributed by atoms with Crippen LogP contribution in [0.1, 0.15) is 12.5 Å². The lowest BCUT2D eigenvalue weighted by molar-refractivity contribution is -0.148. The molecule has 5 nitrogen and oxygen atoms in total. The number of para-hydroxylation sites is 2. The molecule has 0 aromatic heterocycles. The molecule has 0 heterocycles. The van der Waals surface area contributed by atoms with E-state index in [9.17, 15) is 9.59 Å². The molecule has 1 amide bonds. The zero-order valence-electron chi connectivity index (χ0n) is 16.6. The lowest BCUT2D eigenvalue weighted by Gasteiger charge is -2.35. The van der Waals surface area contributed by atoms with Crippen molar-refractivity contribution >= 4 is 23.3 Å². The number of benzene rings is 3. The quantitative estimate of drug-likeness (QED) is 0.436. The van der Waals surface area contributed by atoms with Crippen molar-refractivity contribution < 1.29 is 19.1 Å². The van der Waals surface area contributed by atoms with Crippen LogP contribution in [0.15, 0.2) is 84.9 Å². The molecular weight excluding hydrogens is 366 g/mol. The van der Waals surface area contributed by atoms with Crippen LogP contribution in [0.5, 0.6) is 5.75 Å². The van der Waals surface area contributed by atoms with Crippen molar-refractivity contribution in [2.75, 3.05) is 13.7 Å². The summed E-state index contributed by atoms with van der Waals surface area (Å²) in [7, 11) is 1.62. The zero-order chi connectivity index (χ0) is 20.7. The standard InChI is InChI=1S/C24H24NO4/c1-19(26)29-18-24(27)25(21-9-5-3-6-10-21,22-11-7-4-8-12-22)17-20-13-15-23(28-2)16-14-20/h3-16H,17-18H2,1-2H3/q+1. The molecule has 0 fully saturated rings. The van der Waals surface area contributed by atoms with E-state index in [0.29, 0.717) is 6.54 Å². The van der Waals surface area contributed by atoms with Crippen LogP contribution in [0.25, 0.3) is 0 Å². The highest BCUT2D eigenvalue weighted by molar-refractivity contribution is 5.96. The highest BCUT2D eigenvalue weighted by Crippen LogP contribution is 2.37. The van der Waals surface area contributed by atoms with E-state index in [1.807, 2.05) is 84.9 Å². The van der Waals surface area contributed by atoms with Crippen LogP contribution in [-0.4, -0.2) is 25.6 Å². The minimum atomic E-state index is -0.484. The number of methoxy groups -OCH3 is 1. The monoisotopic (exact) mass is 390 g/mol. The lowest BCUT2D eigenvalue weighted by atomic mass is 10.1. The number of amides is 1. The molecule has 0 bridgehead atoms. The highest BCUT2D eigenvalue weighted by atomic mass is 16.5. The number of carbonyl (C=O) groups is 2. The molecule has 29 heavy (non-hydrogen) atoms. The summed E-state index contributed by atoms with van der Waals surface area (Å²) in [4.78, 5) is 25.0. The molecule has 0 aliphatic rings. The van der Waals surface area contributed by atoms with Crippen molar-refractivity contribution in [2.45, 2.75) is 13.5 Å². The fourth-order valence-corrected chi connectivity index (χ4v) is 3.35. The van der Waals surface area contributed by atoms with Gasteiger partial charge in [0.2, 0.25) is 6.61 Å². The van der Waals surface area contributed by atoms with Gasteiger partial charge in [-0.05, 0) is 24.3 Å². The Morgan fingerprint density at radius 3 is 1.76 bits per heavy atom. The number of rotatable bonds is 7. The molecule has 3 aromatic rings. The Balaban J connectivity index is 2.15. The Hall–Kier alpha value is -3.44. The Labute approximate surface area is 170 Å². The van der Waals surface area contributed by atoms with E-state index < -0.39 is 5.97 Å². The van der Waals surface area contributed by atoms with E-state index in [0.717, 1.165) is 22.7 Å². The van der Waals surface area contributed by atoms with Crippen LogP contribution in [0.3, 0.4) is 0 Å². The van der Waals surface area contributed by atoms with Crippen LogP contribution in [0.2, 0.25) is 0 Å². The molecule has 0 aliphatic heterocycles. The van der Waals surface area contributed by atoms with Gasteiger partial charge in [0.05, 0.1) is 7.11 Å². The normalized spacial score (nSPS) is 11.0. The van der Waals surface area contributed by atoms with Gasteiger partial charge in [-0.25, -0.2) is 4.79 Å². The van der Waals surface area contributed by atoms with Crippen molar-refractivity contribution in [3.8, 4) is 5.75 Å². The highest BCUT2D eigenvalue weighted by Gasteiger charge is 2.42. The maximum Gasteiger partial charge on any atom is 0.361 e. The largest absolute Gasteiger partial charge is 0.497 e. The van der Waals surface area contributed by atoms with Crippen LogP contribution in [0, 0.1) is 0 Å². The van der Waals surface area contributed by atoms with E-state index in [1.54, 1.807) is 7.11 Å². The van der Waals surface area contributed by atoms with E-state index in [1.165, 1.54) is 6.92 Å². The number of nitrogens with zero attached hydrogens (tertiary/aromatic N) is 1. The van der Waals surface area contributed by atoms with Crippen LogP contribution < -0.4 is 9.22 Å². The average molecular weight is 390 g/mol. The molecule has 3 aromatic carbocycles. The molecule has 0 saturated heterocycles. The molecule has 0 N–H and O–H groups in total. The molecule has 148 valence electrons. The SMILES string of the molecule is COc1ccc(C[N+](C(=O)COC(C)=O)(c2ccccc2)c2ccccc2)cc1. The van der Waals surface area contributed by atoms with Crippen molar-refractivity contribution in [3.63, 3.8) is 0 Å². The van der Waals surface area contributed by atoms with Gasteiger partial charge < -0.3 is 9.47 Å². The smallest absolute Gasteiger partial charge is 0.361 e. The fourth-order valence-electron chi connectivity index (χ4n) is 3.35.